The molecule has 7 heteroatoms. The molecule has 0 aliphatic carbocycles. The van der Waals surface area contributed by atoms with Crippen LogP contribution < -0.4 is 5.32 Å². The van der Waals surface area contributed by atoms with Gasteiger partial charge >= 0.3 is 0 Å². The van der Waals surface area contributed by atoms with Gasteiger partial charge in [0, 0.05) is 5.69 Å². The summed E-state index contributed by atoms with van der Waals surface area (Å²) in [5, 5.41) is 3.02. The number of aromatic nitrogens is 3. The first-order valence-electron chi connectivity index (χ1n) is 6.30. The van der Waals surface area contributed by atoms with Crippen LogP contribution in [0, 0.1) is 5.82 Å². The lowest BCUT2D eigenvalue weighted by Crippen LogP contribution is -1.99. The average Bonchev–Trinajstić information content (AvgIpc) is 2.48. The summed E-state index contributed by atoms with van der Waals surface area (Å²) in [7, 11) is 0. The lowest BCUT2D eigenvalue weighted by atomic mass is 10.1. The molecule has 3 rings (SSSR count). The second kappa shape index (κ2) is 6.25. The molecule has 0 radical (unpaired) electrons. The third-order valence-electron chi connectivity index (χ3n) is 2.90. The first-order valence-corrected chi connectivity index (χ1v) is 7.06. The Hall–Kier alpha value is -2.24. The van der Waals surface area contributed by atoms with E-state index in [2.05, 4.69) is 20.3 Å². The largest absolute Gasteiger partial charge is 0.324 e. The standard InChI is InChI=1S/C15H9Cl2FN4/c16-13-20-14(17)22-15(21-13)19-12-7-3-10(4-8-12)9-1-5-11(18)6-2-9/h1-8H,(H,19,20,21,22). The topological polar surface area (TPSA) is 50.7 Å². The van der Waals surface area contributed by atoms with Gasteiger partial charge in [0.05, 0.1) is 0 Å². The van der Waals surface area contributed by atoms with E-state index in [-0.39, 0.29) is 22.3 Å². The molecule has 1 heterocycles. The maximum Gasteiger partial charge on any atom is 0.232 e. The highest BCUT2D eigenvalue weighted by Gasteiger charge is 2.04. The predicted octanol–water partition coefficient (Wildman–Crippen LogP) is 4.73. The molecule has 2 aromatic carbocycles. The quantitative estimate of drug-likeness (QED) is 0.752. The van der Waals surface area contributed by atoms with E-state index in [0.717, 1.165) is 16.8 Å². The van der Waals surface area contributed by atoms with E-state index in [0.29, 0.717) is 0 Å². The van der Waals surface area contributed by atoms with Crippen molar-refractivity contribution >= 4 is 34.8 Å². The van der Waals surface area contributed by atoms with Crippen LogP contribution in [0.15, 0.2) is 48.5 Å². The number of nitrogens with one attached hydrogen (secondary N) is 1. The number of halogens is 3. The zero-order valence-electron chi connectivity index (χ0n) is 11.1. The van der Waals surface area contributed by atoms with Crippen LogP contribution in [0.2, 0.25) is 10.6 Å². The van der Waals surface area contributed by atoms with Crippen LogP contribution in [-0.4, -0.2) is 15.0 Å². The monoisotopic (exact) mass is 334 g/mol. The van der Waals surface area contributed by atoms with E-state index < -0.39 is 0 Å². The zero-order chi connectivity index (χ0) is 15.5. The molecule has 0 saturated heterocycles. The van der Waals surface area contributed by atoms with Crippen molar-refractivity contribution in [3.8, 4) is 11.1 Å². The minimum atomic E-state index is -0.259. The molecule has 110 valence electrons. The van der Waals surface area contributed by atoms with Crippen LogP contribution in [0.5, 0.6) is 0 Å². The minimum Gasteiger partial charge on any atom is -0.324 e. The molecule has 0 unspecified atom stereocenters. The van der Waals surface area contributed by atoms with Gasteiger partial charge in [-0.15, -0.1) is 0 Å². The van der Waals surface area contributed by atoms with Crippen molar-refractivity contribution in [2.45, 2.75) is 0 Å². The van der Waals surface area contributed by atoms with Crippen LogP contribution in [0.4, 0.5) is 16.0 Å². The number of nitrogens with zero attached hydrogens (tertiary/aromatic N) is 3. The lowest BCUT2D eigenvalue weighted by molar-refractivity contribution is 0.628. The van der Waals surface area contributed by atoms with Gasteiger partial charge in [-0.25, -0.2) is 4.39 Å². The summed E-state index contributed by atoms with van der Waals surface area (Å²) in [4.78, 5) is 11.5. The highest BCUT2D eigenvalue weighted by molar-refractivity contribution is 6.31. The molecule has 0 saturated carbocycles. The zero-order valence-corrected chi connectivity index (χ0v) is 12.6. The third kappa shape index (κ3) is 3.50. The summed E-state index contributed by atoms with van der Waals surface area (Å²) >= 11 is 11.4. The van der Waals surface area contributed by atoms with Gasteiger partial charge in [-0.1, -0.05) is 24.3 Å². The first-order chi connectivity index (χ1) is 10.6. The van der Waals surface area contributed by atoms with Crippen molar-refractivity contribution in [2.24, 2.45) is 0 Å². The Morgan fingerprint density at radius 2 is 1.23 bits per heavy atom. The van der Waals surface area contributed by atoms with Gasteiger partial charge in [0.1, 0.15) is 5.82 Å². The van der Waals surface area contributed by atoms with E-state index in [9.17, 15) is 4.39 Å². The number of benzene rings is 2. The maximum absolute atomic E-state index is 12.9. The molecule has 22 heavy (non-hydrogen) atoms. The highest BCUT2D eigenvalue weighted by atomic mass is 35.5. The minimum absolute atomic E-state index is 0.0189. The van der Waals surface area contributed by atoms with Crippen molar-refractivity contribution in [2.75, 3.05) is 5.32 Å². The van der Waals surface area contributed by atoms with Crippen molar-refractivity contribution in [1.82, 2.24) is 15.0 Å². The van der Waals surface area contributed by atoms with E-state index in [1.54, 1.807) is 12.1 Å². The Morgan fingerprint density at radius 1 is 0.727 bits per heavy atom. The van der Waals surface area contributed by atoms with Gasteiger partial charge in [0.15, 0.2) is 0 Å². The fourth-order valence-corrected chi connectivity index (χ4v) is 2.26. The van der Waals surface area contributed by atoms with E-state index in [1.165, 1.54) is 12.1 Å². The number of hydrogen-bond donors (Lipinski definition) is 1. The second-order valence-electron chi connectivity index (χ2n) is 4.41. The molecule has 0 atom stereocenters. The van der Waals surface area contributed by atoms with Gasteiger partial charge in [0.25, 0.3) is 0 Å². The average molecular weight is 335 g/mol. The van der Waals surface area contributed by atoms with Crippen LogP contribution in [-0.2, 0) is 0 Å². The van der Waals surface area contributed by atoms with Crippen LogP contribution in [0.25, 0.3) is 11.1 Å². The summed E-state index contributed by atoms with van der Waals surface area (Å²) in [6.45, 7) is 0. The number of rotatable bonds is 3. The van der Waals surface area contributed by atoms with E-state index in [1.807, 2.05) is 24.3 Å². The van der Waals surface area contributed by atoms with Crippen molar-refractivity contribution in [3.05, 3.63) is 64.9 Å². The molecule has 1 aromatic heterocycles. The van der Waals surface area contributed by atoms with E-state index >= 15 is 0 Å². The van der Waals surface area contributed by atoms with Crippen molar-refractivity contribution in [3.63, 3.8) is 0 Å². The number of hydrogen-bond acceptors (Lipinski definition) is 4. The molecule has 0 fully saturated rings. The molecule has 0 aliphatic heterocycles. The SMILES string of the molecule is Fc1ccc(-c2ccc(Nc3nc(Cl)nc(Cl)n3)cc2)cc1. The number of anilines is 2. The van der Waals surface area contributed by atoms with Gasteiger partial charge < -0.3 is 5.32 Å². The Labute approximate surface area is 136 Å². The van der Waals surface area contributed by atoms with Crippen LogP contribution in [0.3, 0.4) is 0 Å². The summed E-state index contributed by atoms with van der Waals surface area (Å²) in [6.07, 6.45) is 0. The Balaban J connectivity index is 1.80. The maximum atomic E-state index is 12.9. The molecular formula is C15H9Cl2FN4. The normalized spacial score (nSPS) is 10.5. The highest BCUT2D eigenvalue weighted by Crippen LogP contribution is 2.23. The second-order valence-corrected chi connectivity index (χ2v) is 5.08. The predicted molar refractivity (Wildman–Crippen MR) is 85.0 cm³/mol. The fraction of sp³-hybridized carbons (Fsp3) is 0. The Morgan fingerprint density at radius 3 is 1.77 bits per heavy atom. The molecule has 3 aromatic rings. The molecular weight excluding hydrogens is 326 g/mol. The first kappa shape index (κ1) is 14.7. The summed E-state index contributed by atoms with van der Waals surface area (Å²) in [6, 6.07) is 13.8. The van der Waals surface area contributed by atoms with Crippen molar-refractivity contribution in [1.29, 1.82) is 0 Å². The molecule has 0 aliphatic rings. The smallest absolute Gasteiger partial charge is 0.232 e. The van der Waals surface area contributed by atoms with E-state index in [4.69, 9.17) is 23.2 Å². The Kier molecular flexibility index (Phi) is 4.18. The van der Waals surface area contributed by atoms with Gasteiger partial charge in [-0.3, -0.25) is 0 Å². The summed E-state index contributed by atoms with van der Waals surface area (Å²) in [5.41, 5.74) is 2.67. The summed E-state index contributed by atoms with van der Waals surface area (Å²) < 4.78 is 12.9. The summed E-state index contributed by atoms with van der Waals surface area (Å²) in [5.74, 6) is 0.00478. The van der Waals surface area contributed by atoms with Gasteiger partial charge in [-0.05, 0) is 58.6 Å². The molecule has 0 spiro atoms. The van der Waals surface area contributed by atoms with Crippen molar-refractivity contribution < 1.29 is 4.39 Å². The molecule has 4 nitrogen and oxygen atoms in total. The van der Waals surface area contributed by atoms with Gasteiger partial charge in [0.2, 0.25) is 16.5 Å². The molecule has 1 N–H and O–H groups in total. The fourth-order valence-electron chi connectivity index (χ4n) is 1.90. The molecule has 0 bridgehead atoms. The van der Waals surface area contributed by atoms with Gasteiger partial charge in [-0.2, -0.15) is 15.0 Å². The Bertz CT molecular complexity index is 771. The van der Waals surface area contributed by atoms with Crippen LogP contribution >= 0.6 is 23.2 Å². The van der Waals surface area contributed by atoms with Crippen LogP contribution in [0.1, 0.15) is 0 Å². The third-order valence-corrected chi connectivity index (χ3v) is 3.24. The lowest BCUT2D eigenvalue weighted by Gasteiger charge is -2.07. The molecule has 0 amide bonds.